The van der Waals surface area contributed by atoms with Gasteiger partial charge in [-0.25, -0.2) is 0 Å². The molecule has 0 aromatic heterocycles. The summed E-state index contributed by atoms with van der Waals surface area (Å²) in [4.78, 5) is 24.7. The minimum absolute atomic E-state index is 0.540. The Morgan fingerprint density at radius 3 is 1.80 bits per heavy atom. The summed E-state index contributed by atoms with van der Waals surface area (Å²) >= 11 is 0. The first-order valence-electron chi connectivity index (χ1n) is 18.8. The fourth-order valence-corrected chi connectivity index (χ4v) is 7.08. The zero-order valence-corrected chi connectivity index (χ0v) is 32.2. The molecule has 4 heterocycles. The number of carbonyl (C=O) groups is 2. The van der Waals surface area contributed by atoms with E-state index in [1.807, 2.05) is 0 Å². The first kappa shape index (κ1) is 49.7. The SMILES string of the molecule is CC(=O)N[C@H]1[C@H](O[C@@H]([C@H](O[C@@H]2O[C@@H](C)[C@@H](O)[C@@H](O)[C@@H]2O)[C@H](CO)NC(C)=O)[C@H](O)CO)O[C@H](CO)[C@@H](O[C@@H]2O[C@H](CO)[C@@H](O)[C@H](O)[C@@H]2O[C@@H]2OC[C@@H](O)[C@H](O)[C@H]2O)[C@@H]1O. The molecule has 23 atom stereocenters. The average Bonchev–Trinajstić information content (AvgIpc) is 3.20. The fourth-order valence-electron chi connectivity index (χ4n) is 7.08. The molecular formula is C33H58N2O24. The van der Waals surface area contributed by atoms with Gasteiger partial charge in [0.05, 0.1) is 45.2 Å². The zero-order valence-electron chi connectivity index (χ0n) is 32.2. The smallest absolute Gasteiger partial charge is 0.217 e. The Hall–Kier alpha value is -1.94. The summed E-state index contributed by atoms with van der Waals surface area (Å²) in [6.45, 7) is -1.13. The normalized spacial score (nSPS) is 43.9. The molecule has 4 aliphatic heterocycles. The molecule has 0 bridgehead atoms. The van der Waals surface area contributed by atoms with Crippen molar-refractivity contribution in [3.05, 3.63) is 0 Å². The van der Waals surface area contributed by atoms with Gasteiger partial charge in [-0.2, -0.15) is 0 Å². The Morgan fingerprint density at radius 2 is 1.22 bits per heavy atom. The van der Waals surface area contributed by atoms with Gasteiger partial charge in [0.15, 0.2) is 25.2 Å². The number of rotatable bonds is 17. The minimum Gasteiger partial charge on any atom is -0.394 e. The molecule has 4 aliphatic rings. The predicted molar refractivity (Wildman–Crippen MR) is 185 cm³/mol. The lowest BCUT2D eigenvalue weighted by Crippen LogP contribution is -2.69. The largest absolute Gasteiger partial charge is 0.394 e. The van der Waals surface area contributed by atoms with Crippen LogP contribution < -0.4 is 10.6 Å². The van der Waals surface area contributed by atoms with Crippen LogP contribution in [0.2, 0.25) is 0 Å². The van der Waals surface area contributed by atoms with Crippen LogP contribution in [0.25, 0.3) is 0 Å². The first-order chi connectivity index (χ1) is 27.8. The van der Waals surface area contributed by atoms with Crippen LogP contribution in [0.3, 0.4) is 0 Å². The van der Waals surface area contributed by atoms with Crippen molar-refractivity contribution in [2.75, 3.05) is 33.0 Å². The molecule has 4 fully saturated rings. The van der Waals surface area contributed by atoms with Gasteiger partial charge in [0.1, 0.15) is 104 Å². The van der Waals surface area contributed by atoms with Crippen molar-refractivity contribution in [1.29, 1.82) is 0 Å². The number of carbonyl (C=O) groups excluding carboxylic acids is 2. The second-order valence-electron chi connectivity index (χ2n) is 14.7. The molecule has 0 radical (unpaired) electrons. The van der Waals surface area contributed by atoms with E-state index in [0.717, 1.165) is 13.8 Å². The Labute approximate surface area is 336 Å². The Morgan fingerprint density at radius 1 is 0.627 bits per heavy atom. The Kier molecular flexibility index (Phi) is 18.5. The molecule has 0 aromatic carbocycles. The van der Waals surface area contributed by atoms with Gasteiger partial charge < -0.3 is 120 Å². The molecular weight excluding hydrogens is 808 g/mol. The highest BCUT2D eigenvalue weighted by atomic mass is 16.8. The lowest BCUT2D eigenvalue weighted by atomic mass is 9.94. The molecule has 26 heteroatoms. The maximum absolute atomic E-state index is 12.5. The molecule has 16 N–H and O–H groups in total. The number of ether oxygens (including phenoxy) is 8. The van der Waals surface area contributed by atoms with Gasteiger partial charge in [-0.3, -0.25) is 9.59 Å². The number of amides is 2. The highest BCUT2D eigenvalue weighted by Gasteiger charge is 2.55. The van der Waals surface area contributed by atoms with Gasteiger partial charge in [-0.1, -0.05) is 0 Å². The van der Waals surface area contributed by atoms with Crippen molar-refractivity contribution < 1.29 is 119 Å². The van der Waals surface area contributed by atoms with E-state index in [-0.39, 0.29) is 0 Å². The van der Waals surface area contributed by atoms with Gasteiger partial charge in [-0.15, -0.1) is 0 Å². The van der Waals surface area contributed by atoms with Crippen molar-refractivity contribution in [3.63, 3.8) is 0 Å². The van der Waals surface area contributed by atoms with Crippen molar-refractivity contribution in [2.24, 2.45) is 0 Å². The van der Waals surface area contributed by atoms with Crippen LogP contribution in [0.4, 0.5) is 0 Å². The molecule has 0 saturated carbocycles. The molecule has 0 spiro atoms. The Balaban J connectivity index is 1.68. The third-order valence-corrected chi connectivity index (χ3v) is 10.3. The number of hydrogen-bond donors (Lipinski definition) is 16. The second kappa shape index (κ2) is 21.9. The van der Waals surface area contributed by atoms with E-state index in [1.54, 1.807) is 0 Å². The zero-order chi connectivity index (χ0) is 44.0. The number of aliphatic hydroxyl groups is 14. The highest BCUT2D eigenvalue weighted by molar-refractivity contribution is 5.73. The molecule has 2 amide bonds. The van der Waals surface area contributed by atoms with E-state index in [9.17, 15) is 81.1 Å². The lowest BCUT2D eigenvalue weighted by molar-refractivity contribution is -0.381. The summed E-state index contributed by atoms with van der Waals surface area (Å²) in [5.41, 5.74) is 0. The maximum Gasteiger partial charge on any atom is 0.217 e. The number of hydrogen-bond acceptors (Lipinski definition) is 24. The van der Waals surface area contributed by atoms with Crippen LogP contribution in [-0.2, 0) is 47.5 Å². The van der Waals surface area contributed by atoms with Gasteiger partial charge in [0, 0.05) is 13.8 Å². The summed E-state index contributed by atoms with van der Waals surface area (Å²) < 4.78 is 45.8. The molecule has 59 heavy (non-hydrogen) atoms. The molecule has 0 aliphatic carbocycles. The number of aliphatic hydroxyl groups excluding tert-OH is 14. The van der Waals surface area contributed by atoms with Gasteiger partial charge in [0.25, 0.3) is 0 Å². The van der Waals surface area contributed by atoms with E-state index in [2.05, 4.69) is 10.6 Å². The molecule has 344 valence electrons. The molecule has 0 aromatic rings. The van der Waals surface area contributed by atoms with Gasteiger partial charge >= 0.3 is 0 Å². The van der Waals surface area contributed by atoms with Crippen LogP contribution in [0, 0.1) is 0 Å². The second-order valence-corrected chi connectivity index (χ2v) is 14.7. The fraction of sp³-hybridized carbons (Fsp3) is 0.939. The molecule has 0 unspecified atom stereocenters. The van der Waals surface area contributed by atoms with E-state index >= 15 is 0 Å². The monoisotopic (exact) mass is 866 g/mol. The molecule has 26 nitrogen and oxygen atoms in total. The third-order valence-electron chi connectivity index (χ3n) is 10.3. The van der Waals surface area contributed by atoms with Crippen LogP contribution in [0.5, 0.6) is 0 Å². The quantitative estimate of drug-likeness (QED) is 0.0645. The van der Waals surface area contributed by atoms with E-state index in [0.29, 0.717) is 0 Å². The van der Waals surface area contributed by atoms with Crippen LogP contribution in [-0.4, -0.2) is 257 Å². The summed E-state index contributed by atoms with van der Waals surface area (Å²) in [7, 11) is 0. The van der Waals surface area contributed by atoms with E-state index < -0.39 is 186 Å². The van der Waals surface area contributed by atoms with Crippen molar-refractivity contribution in [2.45, 2.75) is 162 Å². The van der Waals surface area contributed by atoms with Crippen molar-refractivity contribution >= 4 is 11.8 Å². The van der Waals surface area contributed by atoms with Crippen molar-refractivity contribution in [3.8, 4) is 0 Å². The van der Waals surface area contributed by atoms with E-state index in [1.165, 1.54) is 6.92 Å². The topological polar surface area (TPSA) is 415 Å². The summed E-state index contributed by atoms with van der Waals surface area (Å²) in [5, 5.41) is 152. The van der Waals surface area contributed by atoms with Gasteiger partial charge in [-0.05, 0) is 6.92 Å². The third kappa shape index (κ3) is 11.6. The van der Waals surface area contributed by atoms with E-state index in [4.69, 9.17) is 37.9 Å². The molecule has 4 rings (SSSR count). The highest BCUT2D eigenvalue weighted by Crippen LogP contribution is 2.34. The lowest BCUT2D eigenvalue weighted by Gasteiger charge is -2.49. The van der Waals surface area contributed by atoms with Crippen LogP contribution in [0.15, 0.2) is 0 Å². The summed E-state index contributed by atoms with van der Waals surface area (Å²) in [5.74, 6) is -1.58. The maximum atomic E-state index is 12.5. The van der Waals surface area contributed by atoms with Gasteiger partial charge in [0.2, 0.25) is 11.8 Å². The van der Waals surface area contributed by atoms with Crippen molar-refractivity contribution in [1.82, 2.24) is 10.6 Å². The number of nitrogens with one attached hydrogen (secondary N) is 2. The van der Waals surface area contributed by atoms with Crippen LogP contribution in [0.1, 0.15) is 20.8 Å². The standard InChI is InChI=1S/C33H58N2O24/c1-9-18(44)22(48)25(51)32(53-9)56-26(12(4-36)34-10(2)40)27(13(42)5-37)57-30-17(35-11(3)41)21(47)28(16(7-39)55-30)58-33-29(23(49)20(46)15(6-38)54-33)59-31-24(50)19(45)14(43)8-52-31/h9,12-33,36-39,42-51H,4-8H2,1-3H3,(H,34,40)(H,35,41)/t9-,12-,13+,14+,15+,16+,17+,18+,19-,20+,21+,22+,23-,24+,25-,26+,27+,28+,29-,30-,31-,32-,33-/m0/s1. The predicted octanol–water partition coefficient (Wildman–Crippen LogP) is -10.3. The Bertz CT molecular complexity index is 1320. The summed E-state index contributed by atoms with van der Waals surface area (Å²) in [6, 6.07) is -3.31. The van der Waals surface area contributed by atoms with Crippen LogP contribution >= 0.6 is 0 Å². The minimum atomic E-state index is -2.03. The average molecular weight is 867 g/mol. The molecule has 4 saturated heterocycles. The first-order valence-corrected chi connectivity index (χ1v) is 18.8. The summed E-state index contributed by atoms with van der Waals surface area (Å²) in [6.07, 6.45) is -37.9.